The predicted molar refractivity (Wildman–Crippen MR) is 166 cm³/mol. The standard InChI is InChI=1S/C38H30/c1-38(2,3)28-21-19-26(20-22-28)35-23-27-24-36(30-18-10-12-25-11-4-5-13-29(25)30)32-15-7-9-17-34(32)37(27)33-16-8-6-14-31(33)35/h4-24H,1-3H3. The second-order valence-electron chi connectivity index (χ2n) is 11.4. The van der Waals surface area contributed by atoms with Crippen molar-refractivity contribution in [2.45, 2.75) is 26.2 Å². The molecule has 0 radical (unpaired) electrons. The van der Waals surface area contributed by atoms with Gasteiger partial charge in [-0.2, -0.15) is 0 Å². The van der Waals surface area contributed by atoms with Crippen molar-refractivity contribution in [2.75, 3.05) is 0 Å². The zero-order valence-electron chi connectivity index (χ0n) is 22.1. The van der Waals surface area contributed by atoms with E-state index in [1.54, 1.807) is 0 Å². The Morgan fingerprint density at radius 2 is 0.921 bits per heavy atom. The molecule has 0 fully saturated rings. The summed E-state index contributed by atoms with van der Waals surface area (Å²) in [6, 6.07) is 47.1. The maximum atomic E-state index is 2.42. The third-order valence-electron chi connectivity index (χ3n) is 8.00. The smallest absolute Gasteiger partial charge is 0.00259 e. The van der Waals surface area contributed by atoms with Gasteiger partial charge in [-0.25, -0.2) is 0 Å². The van der Waals surface area contributed by atoms with Gasteiger partial charge in [0.25, 0.3) is 0 Å². The van der Waals surface area contributed by atoms with E-state index in [2.05, 4.69) is 148 Å². The molecule has 0 aliphatic rings. The molecule has 0 atom stereocenters. The highest BCUT2D eigenvalue weighted by Gasteiger charge is 2.17. The lowest BCUT2D eigenvalue weighted by molar-refractivity contribution is 0.590. The van der Waals surface area contributed by atoms with Crippen LogP contribution in [-0.2, 0) is 5.41 Å². The quantitative estimate of drug-likeness (QED) is 0.213. The van der Waals surface area contributed by atoms with Gasteiger partial charge in [0.1, 0.15) is 0 Å². The van der Waals surface area contributed by atoms with Crippen molar-refractivity contribution in [3.05, 3.63) is 133 Å². The maximum Gasteiger partial charge on any atom is -0.00259 e. The van der Waals surface area contributed by atoms with E-state index in [-0.39, 0.29) is 5.41 Å². The van der Waals surface area contributed by atoms with Crippen molar-refractivity contribution in [3.63, 3.8) is 0 Å². The fourth-order valence-corrected chi connectivity index (χ4v) is 6.05. The fraction of sp³-hybridized carbons (Fsp3) is 0.105. The first kappa shape index (κ1) is 22.8. The van der Waals surface area contributed by atoms with Crippen molar-refractivity contribution >= 4 is 43.1 Å². The summed E-state index contributed by atoms with van der Waals surface area (Å²) in [5.41, 5.74) is 6.61. The Morgan fingerprint density at radius 3 is 1.58 bits per heavy atom. The molecule has 0 aliphatic carbocycles. The van der Waals surface area contributed by atoms with Crippen LogP contribution >= 0.6 is 0 Å². The van der Waals surface area contributed by atoms with Gasteiger partial charge in [-0.15, -0.1) is 0 Å². The van der Waals surface area contributed by atoms with Gasteiger partial charge in [0.15, 0.2) is 0 Å². The molecule has 0 bridgehead atoms. The molecule has 7 aromatic rings. The van der Waals surface area contributed by atoms with Crippen LogP contribution in [0.15, 0.2) is 127 Å². The summed E-state index contributed by atoms with van der Waals surface area (Å²) < 4.78 is 0. The highest BCUT2D eigenvalue weighted by atomic mass is 14.2. The van der Waals surface area contributed by atoms with E-state index in [9.17, 15) is 0 Å². The molecule has 0 saturated carbocycles. The molecule has 0 heteroatoms. The van der Waals surface area contributed by atoms with E-state index in [1.165, 1.54) is 70.9 Å². The summed E-state index contributed by atoms with van der Waals surface area (Å²) in [6.07, 6.45) is 0. The summed E-state index contributed by atoms with van der Waals surface area (Å²) in [6.45, 7) is 6.81. The number of hydrogen-bond donors (Lipinski definition) is 0. The first-order valence-corrected chi connectivity index (χ1v) is 13.5. The van der Waals surface area contributed by atoms with E-state index in [0.29, 0.717) is 0 Å². The molecule has 0 N–H and O–H groups in total. The molecule has 0 heterocycles. The van der Waals surface area contributed by atoms with Crippen LogP contribution < -0.4 is 0 Å². The van der Waals surface area contributed by atoms with Gasteiger partial charge in [0.2, 0.25) is 0 Å². The van der Waals surface area contributed by atoms with E-state index in [0.717, 1.165) is 0 Å². The molecular formula is C38H30. The first-order valence-electron chi connectivity index (χ1n) is 13.5. The Balaban J connectivity index is 1.58. The van der Waals surface area contributed by atoms with Crippen molar-refractivity contribution in [2.24, 2.45) is 0 Å². The summed E-state index contributed by atoms with van der Waals surface area (Å²) in [4.78, 5) is 0. The first-order chi connectivity index (χ1) is 18.5. The van der Waals surface area contributed by atoms with Gasteiger partial charge in [-0.1, -0.05) is 136 Å². The molecule has 0 aromatic heterocycles. The average molecular weight is 487 g/mol. The van der Waals surface area contributed by atoms with Gasteiger partial charge in [-0.05, 0) is 88.5 Å². The normalized spacial score (nSPS) is 12.1. The summed E-state index contributed by atoms with van der Waals surface area (Å²) in [5.74, 6) is 0. The number of hydrogen-bond acceptors (Lipinski definition) is 0. The summed E-state index contributed by atoms with van der Waals surface area (Å²) in [7, 11) is 0. The molecule has 0 unspecified atom stereocenters. The lowest BCUT2D eigenvalue weighted by Gasteiger charge is -2.20. The van der Waals surface area contributed by atoms with Gasteiger partial charge < -0.3 is 0 Å². The number of fused-ring (bicyclic) bond motifs is 6. The van der Waals surface area contributed by atoms with Crippen molar-refractivity contribution in [1.82, 2.24) is 0 Å². The van der Waals surface area contributed by atoms with E-state index < -0.39 is 0 Å². The zero-order valence-corrected chi connectivity index (χ0v) is 22.1. The molecule has 182 valence electrons. The van der Waals surface area contributed by atoms with E-state index >= 15 is 0 Å². The van der Waals surface area contributed by atoms with Gasteiger partial charge in [0, 0.05) is 0 Å². The van der Waals surface area contributed by atoms with Crippen LogP contribution in [0.5, 0.6) is 0 Å². The molecule has 38 heavy (non-hydrogen) atoms. The molecule has 0 nitrogen and oxygen atoms in total. The monoisotopic (exact) mass is 486 g/mol. The van der Waals surface area contributed by atoms with Crippen LogP contribution in [0.25, 0.3) is 65.3 Å². The van der Waals surface area contributed by atoms with Crippen LogP contribution in [0.4, 0.5) is 0 Å². The topological polar surface area (TPSA) is 0 Å². The Kier molecular flexibility index (Phi) is 5.13. The molecule has 7 aromatic carbocycles. The van der Waals surface area contributed by atoms with Crippen LogP contribution in [0.1, 0.15) is 26.3 Å². The molecular weight excluding hydrogens is 456 g/mol. The molecule has 7 rings (SSSR count). The van der Waals surface area contributed by atoms with Crippen LogP contribution in [-0.4, -0.2) is 0 Å². The zero-order chi connectivity index (χ0) is 25.9. The van der Waals surface area contributed by atoms with Crippen LogP contribution in [0.2, 0.25) is 0 Å². The third kappa shape index (κ3) is 3.60. The SMILES string of the molecule is CC(C)(C)c1ccc(-c2cc3cc(-c4cccc5ccccc45)c4ccccc4c3c3ccccc23)cc1. The second-order valence-corrected chi connectivity index (χ2v) is 11.4. The van der Waals surface area contributed by atoms with Crippen molar-refractivity contribution in [3.8, 4) is 22.3 Å². The van der Waals surface area contributed by atoms with Crippen LogP contribution in [0, 0.1) is 0 Å². The Bertz CT molecular complexity index is 1980. The summed E-state index contributed by atoms with van der Waals surface area (Å²) in [5, 5.41) is 10.4. The second kappa shape index (κ2) is 8.57. The largest absolute Gasteiger partial charge is 0.0616 e. The molecule has 0 spiro atoms. The minimum Gasteiger partial charge on any atom is -0.0616 e. The minimum atomic E-state index is 0.135. The summed E-state index contributed by atoms with van der Waals surface area (Å²) >= 11 is 0. The highest BCUT2D eigenvalue weighted by molar-refractivity contribution is 6.26. The van der Waals surface area contributed by atoms with Gasteiger partial charge in [-0.3, -0.25) is 0 Å². The Hall–Kier alpha value is -4.42. The predicted octanol–water partition coefficient (Wildman–Crippen LogP) is 10.9. The Morgan fingerprint density at radius 1 is 0.395 bits per heavy atom. The maximum absolute atomic E-state index is 2.42. The molecule has 0 saturated heterocycles. The lowest BCUT2D eigenvalue weighted by atomic mass is 9.84. The average Bonchev–Trinajstić information content (AvgIpc) is 2.95. The van der Waals surface area contributed by atoms with Crippen LogP contribution in [0.3, 0.4) is 0 Å². The fourth-order valence-electron chi connectivity index (χ4n) is 6.05. The minimum absolute atomic E-state index is 0.135. The van der Waals surface area contributed by atoms with E-state index in [4.69, 9.17) is 0 Å². The lowest BCUT2D eigenvalue weighted by Crippen LogP contribution is -2.10. The Labute approximate surface area is 224 Å². The third-order valence-corrected chi connectivity index (χ3v) is 8.00. The highest BCUT2D eigenvalue weighted by Crippen LogP contribution is 2.43. The van der Waals surface area contributed by atoms with Gasteiger partial charge >= 0.3 is 0 Å². The van der Waals surface area contributed by atoms with Crippen molar-refractivity contribution in [1.29, 1.82) is 0 Å². The van der Waals surface area contributed by atoms with E-state index in [1.807, 2.05) is 0 Å². The van der Waals surface area contributed by atoms with Crippen molar-refractivity contribution < 1.29 is 0 Å². The number of rotatable bonds is 2. The number of benzene rings is 7. The van der Waals surface area contributed by atoms with Gasteiger partial charge in [0.05, 0.1) is 0 Å². The molecule has 0 amide bonds. The molecule has 0 aliphatic heterocycles.